The zero-order valence-corrected chi connectivity index (χ0v) is 59.6. The Balaban J connectivity index is 0.00000119. The molecule has 0 aliphatic carbocycles. The van der Waals surface area contributed by atoms with Gasteiger partial charge in [0.1, 0.15) is 17.2 Å². The van der Waals surface area contributed by atoms with Crippen molar-refractivity contribution in [2.24, 2.45) is 17.8 Å². The smallest absolute Gasteiger partial charge is 0.769 e. The predicted octanol–water partition coefficient (Wildman–Crippen LogP) is 21.4. The van der Waals surface area contributed by atoms with E-state index in [1.165, 1.54) is 152 Å². The van der Waals surface area contributed by atoms with Gasteiger partial charge >= 0.3 is 40.8 Å². The number of aryl methyl sites for hydroxylation is 3. The maximum atomic E-state index is 12.3. The third kappa shape index (κ3) is 44.4. The summed E-state index contributed by atoms with van der Waals surface area (Å²) in [6.07, 6.45) is 43.0. The summed E-state index contributed by atoms with van der Waals surface area (Å²) in [4.78, 5) is 37.0. The number of benzene rings is 3. The van der Waals surface area contributed by atoms with Crippen molar-refractivity contribution in [3.8, 4) is 17.2 Å². The van der Waals surface area contributed by atoms with E-state index in [0.29, 0.717) is 17.2 Å². The summed E-state index contributed by atoms with van der Waals surface area (Å²) in [6, 6.07) is 22.8. The molecule has 3 aromatic carbocycles. The van der Waals surface area contributed by atoms with Crippen molar-refractivity contribution in [2.45, 2.75) is 293 Å². The number of unbranched alkanes of at least 4 members (excludes halogenated alkanes) is 21. The first-order valence-electron chi connectivity index (χ1n) is 33.3. The van der Waals surface area contributed by atoms with Crippen LogP contribution in [0.2, 0.25) is 0 Å². The van der Waals surface area contributed by atoms with Gasteiger partial charge < -0.3 is 28.3 Å². The van der Waals surface area contributed by atoms with Crippen LogP contribution in [0.3, 0.4) is 0 Å². The molecule has 0 aliphatic rings. The second-order valence-electron chi connectivity index (χ2n) is 23.4. The van der Waals surface area contributed by atoms with Crippen molar-refractivity contribution >= 4 is 22.8 Å². The van der Waals surface area contributed by atoms with Crippen LogP contribution in [0.1, 0.15) is 291 Å². The van der Waals surface area contributed by atoms with E-state index in [4.69, 9.17) is 13.6 Å². The molecule has 0 heterocycles. The fourth-order valence-electron chi connectivity index (χ4n) is 10.3. The Kier molecular flexibility index (Phi) is 51.3. The Morgan fingerprint density at radius 2 is 0.500 bits per heavy atom. The third-order valence-electron chi connectivity index (χ3n) is 15.8. The molecule has 0 aromatic heterocycles. The Bertz CT molecular complexity index is 1820. The first kappa shape index (κ1) is 81.0. The van der Waals surface area contributed by atoms with Crippen molar-refractivity contribution in [1.29, 1.82) is 0 Å². The second kappa shape index (κ2) is 52.0. The maximum absolute atomic E-state index is 12.3. The normalized spacial score (nSPS) is 14.5. The monoisotopic (exact) mass is 1330 g/mol. The molecule has 3 aromatic rings. The molecule has 3 rings (SSSR count). The summed E-state index contributed by atoms with van der Waals surface area (Å²) in [5.41, 5.74) is 3.77. The molecule has 9 nitrogen and oxygen atoms in total. The molecule has 0 fully saturated rings. The Labute approximate surface area is 537 Å². The molecule has 0 bridgehead atoms. The van der Waals surface area contributed by atoms with E-state index >= 15 is 0 Å². The minimum absolute atomic E-state index is 0. The van der Waals surface area contributed by atoms with Crippen molar-refractivity contribution in [2.75, 3.05) is 18.5 Å². The zero-order valence-electron chi connectivity index (χ0n) is 53.8. The molecule has 0 spiro atoms. The molecule has 469 valence electrons. The van der Waals surface area contributed by atoms with Gasteiger partial charge in [-0.15, -0.1) is 0 Å². The molecule has 6 unspecified atom stereocenters. The van der Waals surface area contributed by atoms with E-state index in [0.717, 1.165) is 96.3 Å². The Morgan fingerprint density at radius 1 is 0.305 bits per heavy atom. The van der Waals surface area contributed by atoms with Crippen LogP contribution >= 0.6 is 22.8 Å². The van der Waals surface area contributed by atoms with Crippen LogP contribution in [0.4, 0.5) is 0 Å². The van der Waals surface area contributed by atoms with Gasteiger partial charge in [-0.3, -0.25) is 13.7 Å². The van der Waals surface area contributed by atoms with Crippen molar-refractivity contribution in [1.82, 2.24) is 0 Å². The minimum Gasteiger partial charge on any atom is -0.769 e. The van der Waals surface area contributed by atoms with E-state index in [-0.39, 0.29) is 77.1 Å². The van der Waals surface area contributed by atoms with E-state index in [2.05, 4.69) is 62.3 Å². The largest absolute Gasteiger partial charge is 3.00 e. The van der Waals surface area contributed by atoms with Gasteiger partial charge in [-0.2, -0.15) is 0 Å². The van der Waals surface area contributed by atoms with E-state index in [1.54, 1.807) is 36.4 Å². The van der Waals surface area contributed by atoms with Crippen LogP contribution in [0.5, 0.6) is 17.2 Å². The van der Waals surface area contributed by atoms with Crippen LogP contribution in [0, 0.1) is 58.6 Å². The van der Waals surface area contributed by atoms with Crippen LogP contribution in [-0.4, -0.2) is 18.5 Å². The van der Waals surface area contributed by atoms with Gasteiger partial charge in [-0.05, 0) is 129 Å². The summed E-state index contributed by atoms with van der Waals surface area (Å²) in [6.45, 7) is 19.3. The van der Waals surface area contributed by atoms with Crippen LogP contribution in [0.15, 0.2) is 72.8 Å². The maximum Gasteiger partial charge on any atom is 3.00 e. The third-order valence-corrected chi connectivity index (χ3v) is 20.1. The standard InChI is InChI=1S/3C23H41O3P.Nd/c3*1-4-7-9-10-11-12-13-15-22-16-18-23(19-17-22)26-27(24,25)20-21(6-3)14-8-5-2;/h3*16-19,21H,4-15,20H2,1-3H3,(H,24,25);/q;;;+3/p-3. The first-order chi connectivity index (χ1) is 39.0. The molecule has 0 N–H and O–H groups in total. The van der Waals surface area contributed by atoms with E-state index in [1.807, 2.05) is 36.4 Å². The van der Waals surface area contributed by atoms with Gasteiger partial charge in [0, 0.05) is 18.5 Å². The topological polar surface area (TPSA) is 148 Å². The molecule has 13 heteroatoms. The van der Waals surface area contributed by atoms with Gasteiger partial charge in [-0.25, -0.2) is 0 Å². The van der Waals surface area contributed by atoms with Crippen molar-refractivity contribution < 1.29 is 82.8 Å². The van der Waals surface area contributed by atoms with E-state index < -0.39 is 22.8 Å². The molecule has 0 saturated carbocycles. The second-order valence-corrected chi connectivity index (χ2v) is 28.8. The molecule has 1 radical (unpaired) electrons. The summed E-state index contributed by atoms with van der Waals surface area (Å²) >= 11 is 0. The van der Waals surface area contributed by atoms with Crippen molar-refractivity contribution in [3.05, 3.63) is 89.5 Å². The minimum atomic E-state index is -3.83. The quantitative estimate of drug-likeness (QED) is 0.0398. The average Bonchev–Trinajstić information content (AvgIpc) is 3.45. The van der Waals surface area contributed by atoms with Gasteiger partial charge in [0.25, 0.3) is 0 Å². The Hall–Kier alpha value is -1.02. The first-order valence-corrected chi connectivity index (χ1v) is 38.5. The summed E-state index contributed by atoms with van der Waals surface area (Å²) in [5, 5.41) is 0. The van der Waals surface area contributed by atoms with Gasteiger partial charge in [0.05, 0.1) is 0 Å². The molecular formula is C69H120NdO9P3. The summed E-state index contributed by atoms with van der Waals surface area (Å²) < 4.78 is 53.1. The van der Waals surface area contributed by atoms with Crippen LogP contribution in [0.25, 0.3) is 0 Å². The van der Waals surface area contributed by atoms with E-state index in [9.17, 15) is 28.4 Å². The number of rotatable bonds is 48. The SMILES string of the molecule is CCCCCCCCCc1ccc(OP(=O)([O-])CC(CC)CCCC)cc1.CCCCCCCCCc1ccc(OP(=O)([O-])CC(CC)CCCC)cc1.CCCCCCCCCc1ccc(OP(=O)([O-])CC(CC)CCCC)cc1.[Nd+3]. The van der Waals surface area contributed by atoms with Gasteiger partial charge in [0.15, 0.2) is 22.8 Å². The molecular weight excluding hydrogens is 1210 g/mol. The number of hydrogen-bond acceptors (Lipinski definition) is 9. The summed E-state index contributed by atoms with van der Waals surface area (Å²) in [5.74, 6) is 1.94. The van der Waals surface area contributed by atoms with Crippen molar-refractivity contribution in [3.63, 3.8) is 0 Å². The fourth-order valence-corrected chi connectivity index (χ4v) is 15.1. The predicted molar refractivity (Wildman–Crippen MR) is 344 cm³/mol. The molecule has 82 heavy (non-hydrogen) atoms. The molecule has 0 amide bonds. The molecule has 0 aliphatic heterocycles. The van der Waals surface area contributed by atoms with Crippen LogP contribution < -0.4 is 28.3 Å². The molecule has 0 saturated heterocycles. The number of hydrogen-bond donors (Lipinski definition) is 0. The van der Waals surface area contributed by atoms with Gasteiger partial charge in [0.2, 0.25) is 0 Å². The molecule has 6 atom stereocenters. The zero-order chi connectivity index (χ0) is 59.9. The van der Waals surface area contributed by atoms with Crippen LogP contribution in [-0.2, 0) is 33.0 Å². The average molecular weight is 1330 g/mol. The van der Waals surface area contributed by atoms with Gasteiger partial charge in [-0.1, -0.05) is 272 Å². The summed E-state index contributed by atoms with van der Waals surface area (Å²) in [7, 11) is -11.5. The fraction of sp³-hybridized carbons (Fsp3) is 0.739. The Morgan fingerprint density at radius 3 is 0.695 bits per heavy atom.